The van der Waals surface area contributed by atoms with Gasteiger partial charge in [0.05, 0.1) is 0 Å². The average molecular weight is 666 g/mol. The molecule has 8 aromatic rings. The number of fused-ring (bicyclic) bond motifs is 1. The van der Waals surface area contributed by atoms with Gasteiger partial charge in [-0.25, -0.2) is 0 Å². The summed E-state index contributed by atoms with van der Waals surface area (Å²) in [7, 11) is 0. The van der Waals surface area contributed by atoms with E-state index in [2.05, 4.69) is 125 Å². The van der Waals surface area contributed by atoms with E-state index in [-0.39, 0.29) is 0 Å². The van der Waals surface area contributed by atoms with Crippen LogP contribution in [-0.4, -0.2) is 31.0 Å². The Labute approximate surface area is 282 Å². The van der Waals surface area contributed by atoms with Crippen molar-refractivity contribution >= 4 is 31.2 Å². The zero-order valence-electron chi connectivity index (χ0n) is 25.4. The van der Waals surface area contributed by atoms with Crippen LogP contribution >= 0.6 is 0 Å². The maximum absolute atomic E-state index is 5.04. The number of hydrogen-bond acceptors (Lipinski definition) is 3. The molecular formula is C43H28N3Se. The first-order valence-electron chi connectivity index (χ1n) is 15.6. The molecule has 0 spiro atoms. The van der Waals surface area contributed by atoms with Crippen molar-refractivity contribution < 1.29 is 0 Å². The van der Waals surface area contributed by atoms with Gasteiger partial charge in [-0.1, -0.05) is 36.4 Å². The Bertz CT molecular complexity index is 2300. The van der Waals surface area contributed by atoms with Crippen molar-refractivity contribution in [3.05, 3.63) is 170 Å². The van der Waals surface area contributed by atoms with Gasteiger partial charge in [-0.3, -0.25) is 0 Å². The molecule has 3 nitrogen and oxygen atoms in total. The van der Waals surface area contributed by atoms with Crippen molar-refractivity contribution in [2.24, 2.45) is 0 Å². The predicted molar refractivity (Wildman–Crippen MR) is 195 cm³/mol. The van der Waals surface area contributed by atoms with Crippen LogP contribution < -0.4 is 4.46 Å². The van der Waals surface area contributed by atoms with Crippen molar-refractivity contribution in [2.75, 3.05) is 0 Å². The Kier molecular flexibility index (Phi) is 7.72. The van der Waals surface area contributed by atoms with Crippen LogP contribution in [0.5, 0.6) is 0 Å². The van der Waals surface area contributed by atoms with Crippen LogP contribution in [0.4, 0.5) is 0 Å². The van der Waals surface area contributed by atoms with Crippen LogP contribution in [0.25, 0.3) is 78.3 Å². The van der Waals surface area contributed by atoms with Gasteiger partial charge in [-0.05, 0) is 0 Å². The fraction of sp³-hybridized carbons (Fsp3) is 0. The minimum atomic E-state index is 0.647. The van der Waals surface area contributed by atoms with E-state index >= 15 is 0 Å². The summed E-state index contributed by atoms with van der Waals surface area (Å²) in [5, 5.41) is 2.22. The molecule has 0 atom stereocenters. The van der Waals surface area contributed by atoms with Gasteiger partial charge >= 0.3 is 247 Å². The van der Waals surface area contributed by atoms with Gasteiger partial charge in [-0.15, -0.1) is 0 Å². The third-order valence-electron chi connectivity index (χ3n) is 8.44. The van der Waals surface area contributed by atoms with E-state index in [1.165, 1.54) is 27.8 Å². The van der Waals surface area contributed by atoms with Gasteiger partial charge in [0.1, 0.15) is 0 Å². The third-order valence-corrected chi connectivity index (χ3v) is 9.15. The molecular weight excluding hydrogens is 637 g/mol. The standard InChI is InChI=1S/C43H28N3Se/c47-39-25-13-24-37(40(39)33-21-12-20-32(28-33)29-14-4-1-5-15-29)36-26-27-38(35-23-11-10-22-34(35)36)43-45-41(30-16-6-2-7-17-30)44-42(46-43)31-18-8-3-9-19-31/h1-28H. The molecule has 0 aliphatic rings. The molecule has 1 radical (unpaired) electrons. The second kappa shape index (κ2) is 12.6. The second-order valence-corrected chi connectivity index (χ2v) is 12.3. The van der Waals surface area contributed by atoms with Gasteiger partial charge in [0.2, 0.25) is 0 Å². The normalized spacial score (nSPS) is 11.1. The summed E-state index contributed by atoms with van der Waals surface area (Å²) >= 11 is 3.34. The molecule has 1 aromatic heterocycles. The van der Waals surface area contributed by atoms with Crippen LogP contribution in [-0.2, 0) is 0 Å². The number of benzene rings is 7. The van der Waals surface area contributed by atoms with Crippen molar-refractivity contribution in [1.82, 2.24) is 15.0 Å². The summed E-state index contributed by atoms with van der Waals surface area (Å²) in [5.74, 6) is 1.95. The molecule has 0 bridgehead atoms. The molecule has 0 aliphatic heterocycles. The number of aromatic nitrogens is 3. The number of rotatable bonds is 6. The summed E-state index contributed by atoms with van der Waals surface area (Å²) in [4.78, 5) is 15.0. The summed E-state index contributed by atoms with van der Waals surface area (Å²) < 4.78 is 1.11. The molecule has 0 amide bonds. The van der Waals surface area contributed by atoms with Gasteiger partial charge in [-0.2, -0.15) is 0 Å². The monoisotopic (exact) mass is 666 g/mol. The molecule has 7 aromatic carbocycles. The topological polar surface area (TPSA) is 38.7 Å². The first kappa shape index (κ1) is 28.8. The zero-order chi connectivity index (χ0) is 31.6. The molecule has 0 saturated heterocycles. The van der Waals surface area contributed by atoms with E-state index in [4.69, 9.17) is 15.0 Å². The maximum atomic E-state index is 5.04. The molecule has 0 N–H and O–H groups in total. The van der Waals surface area contributed by atoms with Gasteiger partial charge < -0.3 is 0 Å². The first-order valence-corrected chi connectivity index (χ1v) is 16.4. The van der Waals surface area contributed by atoms with Crippen LogP contribution in [0.1, 0.15) is 0 Å². The Balaban J connectivity index is 1.31. The average Bonchev–Trinajstić information content (AvgIpc) is 3.15. The second-order valence-electron chi connectivity index (χ2n) is 11.4. The SMILES string of the molecule is [Se]c1cccc(-c2ccc(-c3nc(-c4ccccc4)nc(-c4ccccc4)n3)c3ccccc23)c1-c1cccc(-c2ccccc2)c1. The number of nitrogens with zero attached hydrogens (tertiary/aromatic N) is 3. The fourth-order valence-corrected chi connectivity index (χ4v) is 6.84. The van der Waals surface area contributed by atoms with E-state index < -0.39 is 0 Å². The number of hydrogen-bond donors (Lipinski definition) is 0. The summed E-state index contributed by atoms with van der Waals surface area (Å²) in [6.07, 6.45) is 0. The van der Waals surface area contributed by atoms with Crippen LogP contribution in [0, 0.1) is 0 Å². The Morgan fingerprint density at radius 1 is 0.319 bits per heavy atom. The Morgan fingerprint density at radius 3 is 1.43 bits per heavy atom. The summed E-state index contributed by atoms with van der Waals surface area (Å²) in [6.45, 7) is 0. The summed E-state index contributed by atoms with van der Waals surface area (Å²) in [6, 6.07) is 59.0. The van der Waals surface area contributed by atoms with Gasteiger partial charge in [0, 0.05) is 0 Å². The predicted octanol–water partition coefficient (Wildman–Crippen LogP) is 9.82. The van der Waals surface area contributed by atoms with E-state index in [9.17, 15) is 0 Å². The van der Waals surface area contributed by atoms with Gasteiger partial charge in [0.25, 0.3) is 0 Å². The Morgan fingerprint density at radius 2 is 0.787 bits per heavy atom. The van der Waals surface area contributed by atoms with Crippen molar-refractivity contribution in [3.8, 4) is 67.5 Å². The minimum absolute atomic E-state index is 0.647. The van der Waals surface area contributed by atoms with E-state index in [1.807, 2.05) is 60.7 Å². The van der Waals surface area contributed by atoms with Crippen molar-refractivity contribution in [3.63, 3.8) is 0 Å². The van der Waals surface area contributed by atoms with Crippen molar-refractivity contribution in [2.45, 2.75) is 0 Å². The van der Waals surface area contributed by atoms with Crippen LogP contribution in [0.2, 0.25) is 0 Å². The van der Waals surface area contributed by atoms with Crippen molar-refractivity contribution in [1.29, 1.82) is 0 Å². The molecule has 0 aliphatic carbocycles. The first-order chi connectivity index (χ1) is 23.2. The van der Waals surface area contributed by atoms with E-state index in [0.717, 1.165) is 37.5 Å². The van der Waals surface area contributed by atoms with E-state index in [0.29, 0.717) is 17.5 Å². The zero-order valence-corrected chi connectivity index (χ0v) is 27.1. The Hall–Kier alpha value is -5.67. The molecule has 0 unspecified atom stereocenters. The third kappa shape index (κ3) is 5.66. The molecule has 221 valence electrons. The van der Waals surface area contributed by atoms with E-state index in [1.54, 1.807) is 0 Å². The summed E-state index contributed by atoms with van der Waals surface area (Å²) in [5.41, 5.74) is 9.93. The van der Waals surface area contributed by atoms with Crippen LogP contribution in [0.3, 0.4) is 0 Å². The molecule has 1 heterocycles. The van der Waals surface area contributed by atoms with Gasteiger partial charge in [0.15, 0.2) is 0 Å². The molecule has 0 saturated carbocycles. The molecule has 8 rings (SSSR count). The fourth-order valence-electron chi connectivity index (χ4n) is 6.20. The molecule has 4 heteroatoms. The molecule has 0 fully saturated rings. The quantitative estimate of drug-likeness (QED) is 0.166. The van der Waals surface area contributed by atoms with Crippen LogP contribution in [0.15, 0.2) is 170 Å². The molecule has 47 heavy (non-hydrogen) atoms.